The van der Waals surface area contributed by atoms with Gasteiger partial charge >= 0.3 is 0 Å². The van der Waals surface area contributed by atoms with Crippen LogP contribution in [-0.2, 0) is 33.0 Å². The first-order valence-electron chi connectivity index (χ1n) is 8.84. The van der Waals surface area contributed by atoms with Gasteiger partial charge in [-0.15, -0.1) is 0 Å². The third-order valence-corrected chi connectivity index (χ3v) is 7.17. The molecule has 0 amide bonds. The number of sulfonamides is 1. The molecule has 2 aromatic rings. The molecule has 1 N–H and O–H groups in total. The average molecular weight is 409 g/mol. The molecule has 0 atom stereocenters. The van der Waals surface area contributed by atoms with Gasteiger partial charge in [0, 0.05) is 19.3 Å². The molecule has 1 aliphatic rings. The van der Waals surface area contributed by atoms with Crippen LogP contribution < -0.4 is 4.72 Å². The summed E-state index contributed by atoms with van der Waals surface area (Å²) in [7, 11) is -7.07. The number of nitrogens with zero attached hydrogens (tertiary/aromatic N) is 1. The summed E-state index contributed by atoms with van der Waals surface area (Å²) in [6.07, 6.45) is 3.55. The van der Waals surface area contributed by atoms with Crippen LogP contribution in [0.1, 0.15) is 24.0 Å². The molecule has 3 rings (SSSR count). The summed E-state index contributed by atoms with van der Waals surface area (Å²) in [5.74, 6) is 0. The van der Waals surface area contributed by atoms with Gasteiger partial charge in [-0.25, -0.2) is 21.6 Å². The van der Waals surface area contributed by atoms with Crippen molar-refractivity contribution in [2.24, 2.45) is 0 Å². The Morgan fingerprint density at radius 1 is 0.889 bits per heavy atom. The zero-order chi connectivity index (χ0) is 19.5. The predicted octanol–water partition coefficient (Wildman–Crippen LogP) is 2.16. The van der Waals surface area contributed by atoms with Gasteiger partial charge < -0.3 is 0 Å². The fraction of sp³-hybridized carbons (Fsp3) is 0.368. The number of likely N-dealkylation sites (tertiary alicyclic amines) is 1. The molecule has 1 fully saturated rings. The fourth-order valence-electron chi connectivity index (χ4n) is 3.16. The standard InChI is InChI=1S/C19H24N2O4S2/c1-26(22,23)18-7-9-19(10-8-18)27(24,25)20-14-16-5-4-6-17(13-16)15-21-11-2-3-12-21/h4-10,13,20H,2-3,11-12,14-15H2,1H3. The quantitative estimate of drug-likeness (QED) is 0.759. The summed E-state index contributed by atoms with van der Waals surface area (Å²) in [6.45, 7) is 3.29. The summed E-state index contributed by atoms with van der Waals surface area (Å²) in [4.78, 5) is 2.53. The number of nitrogens with one attached hydrogen (secondary N) is 1. The van der Waals surface area contributed by atoms with E-state index < -0.39 is 19.9 Å². The summed E-state index contributed by atoms with van der Waals surface area (Å²) in [5, 5.41) is 0. The van der Waals surface area contributed by atoms with Crippen molar-refractivity contribution in [3.63, 3.8) is 0 Å². The van der Waals surface area contributed by atoms with Gasteiger partial charge in [-0.05, 0) is 61.3 Å². The number of rotatable bonds is 7. The van der Waals surface area contributed by atoms with Crippen molar-refractivity contribution in [2.75, 3.05) is 19.3 Å². The molecule has 0 spiro atoms. The number of hydrogen-bond donors (Lipinski definition) is 1. The lowest BCUT2D eigenvalue weighted by molar-refractivity contribution is 0.331. The van der Waals surface area contributed by atoms with Crippen molar-refractivity contribution in [1.82, 2.24) is 9.62 Å². The summed E-state index contributed by atoms with van der Waals surface area (Å²) < 4.78 is 50.5. The molecule has 6 nitrogen and oxygen atoms in total. The van der Waals surface area contributed by atoms with E-state index in [-0.39, 0.29) is 16.3 Å². The molecule has 1 aliphatic heterocycles. The van der Waals surface area contributed by atoms with E-state index >= 15 is 0 Å². The molecular formula is C19H24N2O4S2. The van der Waals surface area contributed by atoms with Gasteiger partial charge in [0.15, 0.2) is 9.84 Å². The lowest BCUT2D eigenvalue weighted by atomic mass is 10.1. The van der Waals surface area contributed by atoms with Gasteiger partial charge in [0.1, 0.15) is 0 Å². The Balaban J connectivity index is 1.66. The lowest BCUT2D eigenvalue weighted by Crippen LogP contribution is -2.23. The van der Waals surface area contributed by atoms with Crippen molar-refractivity contribution in [1.29, 1.82) is 0 Å². The molecule has 2 aromatic carbocycles. The molecule has 0 unspecified atom stereocenters. The molecule has 1 saturated heterocycles. The smallest absolute Gasteiger partial charge is 0.240 e. The molecular weight excluding hydrogens is 384 g/mol. The molecule has 0 aromatic heterocycles. The van der Waals surface area contributed by atoms with Crippen molar-refractivity contribution in [3.8, 4) is 0 Å². The van der Waals surface area contributed by atoms with E-state index in [0.29, 0.717) is 0 Å². The van der Waals surface area contributed by atoms with Crippen LogP contribution in [0, 0.1) is 0 Å². The Morgan fingerprint density at radius 2 is 1.48 bits per heavy atom. The van der Waals surface area contributed by atoms with E-state index in [1.165, 1.54) is 42.7 Å². The minimum atomic E-state index is -3.71. The molecule has 27 heavy (non-hydrogen) atoms. The monoisotopic (exact) mass is 408 g/mol. The van der Waals surface area contributed by atoms with Crippen LogP contribution in [0.15, 0.2) is 58.3 Å². The Morgan fingerprint density at radius 3 is 2.11 bits per heavy atom. The van der Waals surface area contributed by atoms with E-state index in [4.69, 9.17) is 0 Å². The predicted molar refractivity (Wildman–Crippen MR) is 105 cm³/mol. The maximum absolute atomic E-state index is 12.5. The number of hydrogen-bond acceptors (Lipinski definition) is 5. The Hall–Kier alpha value is -1.74. The Bertz CT molecular complexity index is 994. The van der Waals surface area contributed by atoms with Crippen LogP contribution >= 0.6 is 0 Å². The first-order chi connectivity index (χ1) is 12.7. The molecule has 0 bridgehead atoms. The second-order valence-electron chi connectivity index (χ2n) is 6.87. The average Bonchev–Trinajstić information content (AvgIpc) is 3.13. The SMILES string of the molecule is CS(=O)(=O)c1ccc(S(=O)(=O)NCc2cccc(CN3CCCC3)c2)cc1. The summed E-state index contributed by atoms with van der Waals surface area (Å²) in [5.41, 5.74) is 2.06. The van der Waals surface area contributed by atoms with E-state index in [1.54, 1.807) is 0 Å². The highest BCUT2D eigenvalue weighted by atomic mass is 32.2. The minimum absolute atomic E-state index is 0.0446. The highest BCUT2D eigenvalue weighted by Gasteiger charge is 2.16. The topological polar surface area (TPSA) is 83.5 Å². The molecule has 8 heteroatoms. The van der Waals surface area contributed by atoms with Crippen LogP contribution in [0.5, 0.6) is 0 Å². The Labute approximate surface area is 161 Å². The fourth-order valence-corrected chi connectivity index (χ4v) is 4.81. The minimum Gasteiger partial charge on any atom is -0.299 e. The highest BCUT2D eigenvalue weighted by molar-refractivity contribution is 7.90. The van der Waals surface area contributed by atoms with Crippen LogP contribution in [0.2, 0.25) is 0 Å². The van der Waals surface area contributed by atoms with Gasteiger partial charge in [0.2, 0.25) is 10.0 Å². The third-order valence-electron chi connectivity index (χ3n) is 4.62. The van der Waals surface area contributed by atoms with Gasteiger partial charge in [-0.1, -0.05) is 24.3 Å². The maximum Gasteiger partial charge on any atom is 0.240 e. The van der Waals surface area contributed by atoms with Crippen LogP contribution in [0.3, 0.4) is 0 Å². The maximum atomic E-state index is 12.5. The van der Waals surface area contributed by atoms with Gasteiger partial charge in [0.05, 0.1) is 9.79 Å². The van der Waals surface area contributed by atoms with E-state index in [1.807, 2.05) is 18.2 Å². The third kappa shape index (κ3) is 5.38. The van der Waals surface area contributed by atoms with E-state index in [2.05, 4.69) is 15.7 Å². The van der Waals surface area contributed by atoms with E-state index in [0.717, 1.165) is 31.5 Å². The van der Waals surface area contributed by atoms with Crippen molar-refractivity contribution >= 4 is 19.9 Å². The van der Waals surface area contributed by atoms with Gasteiger partial charge in [-0.3, -0.25) is 4.90 Å². The molecule has 0 saturated carbocycles. The van der Waals surface area contributed by atoms with Crippen LogP contribution in [-0.4, -0.2) is 41.1 Å². The second kappa shape index (κ2) is 8.10. The normalized spacial score (nSPS) is 15.9. The zero-order valence-electron chi connectivity index (χ0n) is 15.3. The van der Waals surface area contributed by atoms with Gasteiger partial charge in [-0.2, -0.15) is 0 Å². The largest absolute Gasteiger partial charge is 0.299 e. The van der Waals surface area contributed by atoms with Crippen LogP contribution in [0.25, 0.3) is 0 Å². The lowest BCUT2D eigenvalue weighted by Gasteiger charge is -2.15. The first kappa shape index (κ1) is 20.0. The molecule has 0 aliphatic carbocycles. The molecule has 1 heterocycles. The van der Waals surface area contributed by atoms with Gasteiger partial charge in [0.25, 0.3) is 0 Å². The number of benzene rings is 2. The molecule has 146 valence electrons. The number of sulfone groups is 1. The summed E-state index contributed by atoms with van der Waals surface area (Å²) in [6, 6.07) is 13.1. The Kier molecular flexibility index (Phi) is 6.00. The second-order valence-corrected chi connectivity index (χ2v) is 10.7. The van der Waals surface area contributed by atoms with E-state index in [9.17, 15) is 16.8 Å². The van der Waals surface area contributed by atoms with Crippen molar-refractivity contribution < 1.29 is 16.8 Å². The first-order valence-corrected chi connectivity index (χ1v) is 12.2. The highest BCUT2D eigenvalue weighted by Crippen LogP contribution is 2.16. The van der Waals surface area contributed by atoms with Crippen molar-refractivity contribution in [3.05, 3.63) is 59.7 Å². The summed E-state index contributed by atoms with van der Waals surface area (Å²) >= 11 is 0. The van der Waals surface area contributed by atoms with Crippen molar-refractivity contribution in [2.45, 2.75) is 35.7 Å². The molecule has 0 radical (unpaired) electrons. The van der Waals surface area contributed by atoms with Crippen LogP contribution in [0.4, 0.5) is 0 Å². The zero-order valence-corrected chi connectivity index (χ0v) is 16.9.